The number of hydrogen-bond acceptors (Lipinski definition) is 1. The highest BCUT2D eigenvalue weighted by molar-refractivity contribution is 5.95. The number of allylic oxidation sites excluding steroid dienone is 3. The molecule has 0 amide bonds. The first kappa shape index (κ1) is 10.2. The number of Topliss-reactive ketones (excluding diaryl/α,β-unsaturated/α-hetero) is 1. The van der Waals surface area contributed by atoms with Crippen molar-refractivity contribution in [3.8, 4) is 0 Å². The second kappa shape index (κ2) is 3.91. The van der Waals surface area contributed by atoms with Crippen LogP contribution < -0.4 is 0 Å². The summed E-state index contributed by atoms with van der Waals surface area (Å²) in [6.07, 6.45) is 7.33. The molecule has 0 saturated carbocycles. The molecule has 1 aliphatic carbocycles. The van der Waals surface area contributed by atoms with Gasteiger partial charge in [-0.1, -0.05) is 26.0 Å². The third-order valence-electron chi connectivity index (χ3n) is 2.50. The molecule has 1 heteroatoms. The summed E-state index contributed by atoms with van der Waals surface area (Å²) in [7, 11) is 0. The average Bonchev–Trinajstić information content (AvgIpc) is 2.42. The van der Waals surface area contributed by atoms with E-state index in [0.29, 0.717) is 17.6 Å². The molecule has 13 heavy (non-hydrogen) atoms. The molecule has 0 radical (unpaired) electrons. The van der Waals surface area contributed by atoms with E-state index >= 15 is 0 Å². The lowest BCUT2D eigenvalue weighted by atomic mass is 9.88. The molecule has 0 heterocycles. The van der Waals surface area contributed by atoms with Crippen LogP contribution in [0, 0.1) is 5.41 Å². The standard InChI is InChI=1S/C12H18O/c1-4-5-6-11(13)10-7-8-12(2,3)9-10/h4,7H,1,5-6,8-9H2,2-3H3. The zero-order chi connectivity index (χ0) is 9.90. The Bertz CT molecular complexity index is 246. The molecule has 0 N–H and O–H groups in total. The summed E-state index contributed by atoms with van der Waals surface area (Å²) in [4.78, 5) is 11.6. The van der Waals surface area contributed by atoms with E-state index in [4.69, 9.17) is 0 Å². The monoisotopic (exact) mass is 178 g/mol. The second-order valence-electron chi connectivity index (χ2n) is 4.53. The Kier molecular flexibility index (Phi) is 3.07. The Morgan fingerprint density at radius 2 is 2.38 bits per heavy atom. The maximum atomic E-state index is 11.6. The van der Waals surface area contributed by atoms with E-state index in [1.54, 1.807) is 6.08 Å². The van der Waals surface area contributed by atoms with Crippen LogP contribution in [0.2, 0.25) is 0 Å². The van der Waals surface area contributed by atoms with Gasteiger partial charge in [0.25, 0.3) is 0 Å². The molecule has 0 aromatic rings. The van der Waals surface area contributed by atoms with E-state index < -0.39 is 0 Å². The van der Waals surface area contributed by atoms with Gasteiger partial charge in [-0.3, -0.25) is 4.79 Å². The summed E-state index contributed by atoms with van der Waals surface area (Å²) < 4.78 is 0. The van der Waals surface area contributed by atoms with Crippen LogP contribution in [0.4, 0.5) is 0 Å². The van der Waals surface area contributed by atoms with Crippen LogP contribution in [0.5, 0.6) is 0 Å². The molecule has 1 rings (SSSR count). The fraction of sp³-hybridized carbons (Fsp3) is 0.583. The van der Waals surface area contributed by atoms with Gasteiger partial charge in [-0.2, -0.15) is 0 Å². The van der Waals surface area contributed by atoms with Gasteiger partial charge in [-0.15, -0.1) is 6.58 Å². The van der Waals surface area contributed by atoms with Crippen molar-refractivity contribution in [1.82, 2.24) is 0 Å². The van der Waals surface area contributed by atoms with Crippen LogP contribution >= 0.6 is 0 Å². The molecule has 0 unspecified atom stereocenters. The smallest absolute Gasteiger partial charge is 0.158 e. The predicted octanol–water partition coefficient (Wildman–Crippen LogP) is 3.27. The first-order chi connectivity index (χ1) is 6.05. The summed E-state index contributed by atoms with van der Waals surface area (Å²) in [5.41, 5.74) is 1.34. The quantitative estimate of drug-likeness (QED) is 0.604. The first-order valence-corrected chi connectivity index (χ1v) is 4.88. The molecule has 0 aromatic heterocycles. The number of ketones is 1. The van der Waals surface area contributed by atoms with Crippen molar-refractivity contribution in [1.29, 1.82) is 0 Å². The summed E-state index contributed by atoms with van der Waals surface area (Å²) in [6, 6.07) is 0. The molecule has 72 valence electrons. The van der Waals surface area contributed by atoms with Gasteiger partial charge in [-0.05, 0) is 30.3 Å². The lowest BCUT2D eigenvalue weighted by Crippen LogP contribution is -2.08. The Morgan fingerprint density at radius 3 is 2.85 bits per heavy atom. The van der Waals surface area contributed by atoms with Crippen molar-refractivity contribution in [2.45, 2.75) is 39.5 Å². The molecule has 0 spiro atoms. The maximum Gasteiger partial charge on any atom is 0.158 e. The van der Waals surface area contributed by atoms with Crippen molar-refractivity contribution < 1.29 is 4.79 Å². The van der Waals surface area contributed by atoms with Gasteiger partial charge in [0.2, 0.25) is 0 Å². The highest BCUT2D eigenvalue weighted by atomic mass is 16.1. The van der Waals surface area contributed by atoms with Crippen LogP contribution in [-0.4, -0.2) is 5.78 Å². The van der Waals surface area contributed by atoms with E-state index in [-0.39, 0.29) is 0 Å². The fourth-order valence-electron chi connectivity index (χ4n) is 1.67. The van der Waals surface area contributed by atoms with E-state index in [0.717, 1.165) is 24.8 Å². The van der Waals surface area contributed by atoms with Crippen molar-refractivity contribution in [2.75, 3.05) is 0 Å². The predicted molar refractivity (Wildman–Crippen MR) is 55.5 cm³/mol. The molecule has 0 aliphatic heterocycles. The van der Waals surface area contributed by atoms with Crippen molar-refractivity contribution >= 4 is 5.78 Å². The minimum atomic E-state index is 0.305. The van der Waals surface area contributed by atoms with E-state index in [1.165, 1.54) is 0 Å². The highest BCUT2D eigenvalue weighted by Gasteiger charge is 2.27. The number of carbonyl (C=O) groups is 1. The zero-order valence-corrected chi connectivity index (χ0v) is 8.60. The highest BCUT2D eigenvalue weighted by Crippen LogP contribution is 2.36. The Hall–Kier alpha value is -0.850. The lowest BCUT2D eigenvalue weighted by Gasteiger charge is -2.16. The van der Waals surface area contributed by atoms with E-state index in [2.05, 4.69) is 26.5 Å². The Morgan fingerprint density at radius 1 is 1.69 bits per heavy atom. The van der Waals surface area contributed by atoms with Crippen LogP contribution in [0.1, 0.15) is 39.5 Å². The van der Waals surface area contributed by atoms with E-state index in [1.807, 2.05) is 0 Å². The van der Waals surface area contributed by atoms with Crippen molar-refractivity contribution in [2.24, 2.45) is 5.41 Å². The third kappa shape index (κ3) is 2.83. The minimum absolute atomic E-state index is 0.305. The molecule has 0 saturated heterocycles. The van der Waals surface area contributed by atoms with Gasteiger partial charge in [-0.25, -0.2) is 0 Å². The van der Waals surface area contributed by atoms with E-state index in [9.17, 15) is 4.79 Å². The van der Waals surface area contributed by atoms with Gasteiger partial charge in [0.1, 0.15) is 0 Å². The topological polar surface area (TPSA) is 17.1 Å². The summed E-state index contributed by atoms with van der Waals surface area (Å²) in [5.74, 6) is 0.311. The summed E-state index contributed by atoms with van der Waals surface area (Å²) >= 11 is 0. The van der Waals surface area contributed by atoms with Crippen LogP contribution in [-0.2, 0) is 4.79 Å². The Labute approximate surface area is 80.5 Å². The van der Waals surface area contributed by atoms with Crippen LogP contribution in [0.25, 0.3) is 0 Å². The fourth-order valence-corrected chi connectivity index (χ4v) is 1.67. The number of rotatable bonds is 4. The van der Waals surface area contributed by atoms with Gasteiger partial charge < -0.3 is 0 Å². The normalized spacial score (nSPS) is 19.7. The van der Waals surface area contributed by atoms with Crippen LogP contribution in [0.3, 0.4) is 0 Å². The Balaban J connectivity index is 2.46. The average molecular weight is 178 g/mol. The summed E-state index contributed by atoms with van der Waals surface area (Å²) in [6.45, 7) is 8.03. The SMILES string of the molecule is C=CCCC(=O)C1=CCC(C)(C)C1. The number of hydrogen-bond donors (Lipinski definition) is 0. The third-order valence-corrected chi connectivity index (χ3v) is 2.50. The molecule has 0 atom stereocenters. The van der Waals surface area contributed by atoms with Crippen LogP contribution in [0.15, 0.2) is 24.3 Å². The van der Waals surface area contributed by atoms with Gasteiger partial charge in [0.05, 0.1) is 0 Å². The largest absolute Gasteiger partial charge is 0.295 e. The molecule has 0 aromatic carbocycles. The molecular formula is C12H18O. The summed E-state index contributed by atoms with van der Waals surface area (Å²) in [5, 5.41) is 0. The minimum Gasteiger partial charge on any atom is -0.295 e. The number of carbonyl (C=O) groups excluding carboxylic acids is 1. The molecule has 1 aliphatic rings. The zero-order valence-electron chi connectivity index (χ0n) is 8.60. The van der Waals surface area contributed by atoms with Gasteiger partial charge in [0, 0.05) is 6.42 Å². The molecule has 1 nitrogen and oxygen atoms in total. The van der Waals surface area contributed by atoms with Gasteiger partial charge in [0.15, 0.2) is 5.78 Å². The second-order valence-corrected chi connectivity index (χ2v) is 4.53. The lowest BCUT2D eigenvalue weighted by molar-refractivity contribution is -0.115. The molecule has 0 bridgehead atoms. The van der Waals surface area contributed by atoms with Crippen molar-refractivity contribution in [3.63, 3.8) is 0 Å². The van der Waals surface area contributed by atoms with Gasteiger partial charge >= 0.3 is 0 Å². The molecular weight excluding hydrogens is 160 g/mol. The van der Waals surface area contributed by atoms with Crippen molar-refractivity contribution in [3.05, 3.63) is 24.3 Å². The maximum absolute atomic E-state index is 11.6. The first-order valence-electron chi connectivity index (χ1n) is 4.88. The molecule has 0 fully saturated rings.